The highest BCUT2D eigenvalue weighted by Gasteiger charge is 2.33. The molecule has 5 rings (SSSR count). The Morgan fingerprint density at radius 3 is 2.79 bits per heavy atom. The van der Waals surface area contributed by atoms with E-state index in [9.17, 15) is 9.59 Å². The number of Topliss-reactive ketones (excluding diaryl/α,β-unsaturated/α-hetero) is 1. The van der Waals surface area contributed by atoms with E-state index in [-0.39, 0.29) is 24.8 Å². The molecule has 0 saturated heterocycles. The second kappa shape index (κ2) is 9.12. The maximum Gasteiger partial charge on any atom is 0.249 e. The molecule has 5 nitrogen and oxygen atoms in total. The van der Waals surface area contributed by atoms with Crippen LogP contribution in [0.15, 0.2) is 53.5 Å². The predicted molar refractivity (Wildman–Crippen MR) is 133 cm³/mol. The molecule has 0 radical (unpaired) electrons. The van der Waals surface area contributed by atoms with Crippen LogP contribution in [0, 0.1) is 0 Å². The lowest BCUT2D eigenvalue weighted by Crippen LogP contribution is -2.36. The van der Waals surface area contributed by atoms with Gasteiger partial charge >= 0.3 is 0 Å². The van der Waals surface area contributed by atoms with Gasteiger partial charge in [-0.15, -0.1) is 11.3 Å². The van der Waals surface area contributed by atoms with Crippen LogP contribution in [0.3, 0.4) is 0 Å². The topological polar surface area (TPSA) is 59.0 Å². The van der Waals surface area contributed by atoms with Crippen molar-refractivity contribution in [2.45, 2.75) is 25.7 Å². The molecule has 0 spiro atoms. The van der Waals surface area contributed by atoms with E-state index in [1.807, 2.05) is 24.3 Å². The van der Waals surface area contributed by atoms with Crippen molar-refractivity contribution in [1.82, 2.24) is 0 Å². The van der Waals surface area contributed by atoms with Crippen LogP contribution in [-0.2, 0) is 17.6 Å². The Bertz CT molecular complexity index is 1280. The fourth-order valence-electron chi connectivity index (χ4n) is 4.47. The number of anilines is 1. The summed E-state index contributed by atoms with van der Waals surface area (Å²) in [6.45, 7) is -0.0637. The number of ether oxygens (including phenoxy) is 1. The summed E-state index contributed by atoms with van der Waals surface area (Å²) in [7, 11) is 1.57. The van der Waals surface area contributed by atoms with Crippen LogP contribution in [0.4, 0.5) is 5.00 Å². The summed E-state index contributed by atoms with van der Waals surface area (Å²) in [5.41, 5.74) is 4.29. The SMILES string of the molecule is COc1cccc(C(=O)CN2C(=O)CN=C(c3ccccc3Cl)c3c2sc2c3CCCC2)c1. The first-order valence-electron chi connectivity index (χ1n) is 11.0. The maximum absolute atomic E-state index is 13.3. The molecule has 0 bridgehead atoms. The number of methoxy groups -OCH3 is 1. The van der Waals surface area contributed by atoms with Crippen LogP contribution >= 0.6 is 22.9 Å². The Morgan fingerprint density at radius 2 is 1.97 bits per heavy atom. The number of aliphatic imine (C=N–C) groups is 1. The third-order valence-electron chi connectivity index (χ3n) is 6.13. The first kappa shape index (κ1) is 21.9. The fraction of sp³-hybridized carbons (Fsp3) is 0.269. The molecule has 0 saturated carbocycles. The lowest BCUT2D eigenvalue weighted by molar-refractivity contribution is -0.117. The van der Waals surface area contributed by atoms with Gasteiger partial charge < -0.3 is 4.74 Å². The summed E-state index contributed by atoms with van der Waals surface area (Å²) in [6, 6.07) is 14.6. The van der Waals surface area contributed by atoms with Crippen molar-refractivity contribution in [3.63, 3.8) is 0 Å². The third-order valence-corrected chi connectivity index (χ3v) is 7.77. The minimum atomic E-state index is -0.187. The Hall–Kier alpha value is -2.96. The van der Waals surface area contributed by atoms with Crippen molar-refractivity contribution in [2.24, 2.45) is 4.99 Å². The molecule has 0 atom stereocenters. The summed E-state index contributed by atoms with van der Waals surface area (Å²) in [5, 5.41) is 1.41. The van der Waals surface area contributed by atoms with Crippen molar-refractivity contribution >= 4 is 45.3 Å². The molecule has 33 heavy (non-hydrogen) atoms. The molecule has 2 heterocycles. The zero-order chi connectivity index (χ0) is 22.9. The Kier molecular flexibility index (Phi) is 6.04. The predicted octanol–water partition coefficient (Wildman–Crippen LogP) is 5.36. The number of fused-ring (bicyclic) bond motifs is 3. The van der Waals surface area contributed by atoms with E-state index in [2.05, 4.69) is 0 Å². The van der Waals surface area contributed by atoms with Crippen LogP contribution in [0.1, 0.15) is 44.8 Å². The van der Waals surface area contributed by atoms with E-state index in [1.165, 1.54) is 10.4 Å². The molecule has 1 aromatic heterocycles. The Labute approximate surface area is 201 Å². The molecular formula is C26H23ClN2O3S. The highest BCUT2D eigenvalue weighted by atomic mass is 35.5. The van der Waals surface area contributed by atoms with Crippen LogP contribution in [-0.4, -0.2) is 37.6 Å². The van der Waals surface area contributed by atoms with Gasteiger partial charge in [0.05, 0.1) is 19.4 Å². The van der Waals surface area contributed by atoms with Gasteiger partial charge in [-0.3, -0.25) is 19.5 Å². The first-order valence-corrected chi connectivity index (χ1v) is 12.2. The Balaban J connectivity index is 1.60. The van der Waals surface area contributed by atoms with E-state index in [0.717, 1.165) is 47.5 Å². The van der Waals surface area contributed by atoms with Crippen LogP contribution < -0.4 is 9.64 Å². The van der Waals surface area contributed by atoms with Gasteiger partial charge in [0.2, 0.25) is 5.91 Å². The van der Waals surface area contributed by atoms with Crippen molar-refractivity contribution in [3.8, 4) is 5.75 Å². The van der Waals surface area contributed by atoms with Crippen LogP contribution in [0.2, 0.25) is 5.02 Å². The quantitative estimate of drug-likeness (QED) is 0.464. The van der Waals surface area contributed by atoms with Gasteiger partial charge in [0, 0.05) is 26.6 Å². The fourth-order valence-corrected chi connectivity index (χ4v) is 6.11. The number of aryl methyl sites for hydroxylation is 1. The largest absolute Gasteiger partial charge is 0.497 e. The molecule has 2 aliphatic rings. The smallest absolute Gasteiger partial charge is 0.249 e. The molecule has 0 fully saturated rings. The number of hydrogen-bond donors (Lipinski definition) is 0. The Morgan fingerprint density at radius 1 is 1.15 bits per heavy atom. The van der Waals surface area contributed by atoms with Gasteiger partial charge in [-0.05, 0) is 49.4 Å². The lowest BCUT2D eigenvalue weighted by atomic mass is 9.91. The lowest BCUT2D eigenvalue weighted by Gasteiger charge is -2.20. The number of halogens is 1. The van der Waals surface area contributed by atoms with E-state index in [4.69, 9.17) is 21.3 Å². The maximum atomic E-state index is 13.3. The summed E-state index contributed by atoms with van der Waals surface area (Å²) in [5.74, 6) is 0.286. The van der Waals surface area contributed by atoms with Gasteiger partial charge in [0.25, 0.3) is 0 Å². The molecule has 0 unspecified atom stereocenters. The molecule has 1 aliphatic heterocycles. The monoisotopic (exact) mass is 478 g/mol. The van der Waals surface area contributed by atoms with Gasteiger partial charge in [0.1, 0.15) is 17.3 Å². The minimum Gasteiger partial charge on any atom is -0.497 e. The first-order chi connectivity index (χ1) is 16.1. The number of ketones is 1. The van der Waals surface area contributed by atoms with Crippen molar-refractivity contribution in [3.05, 3.63) is 80.7 Å². The van der Waals surface area contributed by atoms with Crippen LogP contribution in [0.5, 0.6) is 5.75 Å². The van der Waals surface area contributed by atoms with E-state index >= 15 is 0 Å². The van der Waals surface area contributed by atoms with Crippen molar-refractivity contribution < 1.29 is 14.3 Å². The number of thiophene rings is 1. The highest BCUT2D eigenvalue weighted by Crippen LogP contribution is 2.43. The molecule has 7 heteroatoms. The van der Waals surface area contributed by atoms with Gasteiger partial charge in [0.15, 0.2) is 5.78 Å². The molecule has 1 amide bonds. The normalized spacial score (nSPS) is 15.4. The molecule has 0 N–H and O–H groups in total. The molecule has 1 aliphatic carbocycles. The molecule has 168 valence electrons. The van der Waals surface area contributed by atoms with Crippen LogP contribution in [0.25, 0.3) is 0 Å². The second-order valence-electron chi connectivity index (χ2n) is 8.17. The summed E-state index contributed by atoms with van der Waals surface area (Å²) in [4.78, 5) is 34.1. The summed E-state index contributed by atoms with van der Waals surface area (Å²) >= 11 is 8.17. The number of carbonyl (C=O) groups is 2. The van der Waals surface area contributed by atoms with E-state index < -0.39 is 0 Å². The zero-order valence-corrected chi connectivity index (χ0v) is 19.8. The summed E-state index contributed by atoms with van der Waals surface area (Å²) < 4.78 is 5.26. The number of amides is 1. The summed E-state index contributed by atoms with van der Waals surface area (Å²) in [6.07, 6.45) is 4.15. The molecule has 3 aromatic rings. The van der Waals surface area contributed by atoms with Gasteiger partial charge in [-0.2, -0.15) is 0 Å². The van der Waals surface area contributed by atoms with E-state index in [0.29, 0.717) is 16.3 Å². The second-order valence-corrected chi connectivity index (χ2v) is 9.66. The van der Waals surface area contributed by atoms with Crippen molar-refractivity contribution in [1.29, 1.82) is 0 Å². The van der Waals surface area contributed by atoms with Gasteiger partial charge in [-0.1, -0.05) is 41.9 Å². The zero-order valence-electron chi connectivity index (χ0n) is 18.3. The van der Waals surface area contributed by atoms with Gasteiger partial charge in [-0.25, -0.2) is 0 Å². The average molecular weight is 479 g/mol. The number of hydrogen-bond acceptors (Lipinski definition) is 5. The molecule has 2 aromatic carbocycles. The number of carbonyl (C=O) groups excluding carboxylic acids is 2. The third kappa shape index (κ3) is 4.09. The average Bonchev–Trinajstić information content (AvgIpc) is 3.16. The number of rotatable bonds is 5. The minimum absolute atomic E-state index is 0.0257. The standard InChI is InChI=1S/C26H23ClN2O3S/c1-32-17-8-6-7-16(13-17)21(30)15-29-23(31)14-28-25(18-9-2-4-11-20(18)27)24-19-10-3-5-12-22(19)33-26(24)29/h2,4,6-9,11,13H,3,5,10,12,14-15H2,1H3. The molecular weight excluding hydrogens is 456 g/mol. The number of nitrogens with zero attached hydrogens (tertiary/aromatic N) is 2. The van der Waals surface area contributed by atoms with E-state index in [1.54, 1.807) is 47.6 Å². The highest BCUT2D eigenvalue weighted by molar-refractivity contribution is 7.17. The number of benzene rings is 2. The van der Waals surface area contributed by atoms with Crippen molar-refractivity contribution in [2.75, 3.05) is 25.1 Å².